The number of nitrogens with one attached hydrogen (secondary N) is 1. The SMILES string of the molecule is CCCC1CCC(NCc2c(C)nn(C)c2Cl)CC1. The van der Waals surface area contributed by atoms with Crippen molar-refractivity contribution in [3.8, 4) is 0 Å². The van der Waals surface area contributed by atoms with Crippen LogP contribution in [0.15, 0.2) is 0 Å². The predicted octanol–water partition coefficient (Wildman–Crippen LogP) is 3.83. The second kappa shape index (κ2) is 6.76. The molecule has 2 rings (SSSR count). The van der Waals surface area contributed by atoms with E-state index in [0.717, 1.165) is 28.9 Å². The average Bonchev–Trinajstić information content (AvgIpc) is 2.64. The topological polar surface area (TPSA) is 29.9 Å². The van der Waals surface area contributed by atoms with Gasteiger partial charge in [-0.05, 0) is 38.5 Å². The smallest absolute Gasteiger partial charge is 0.131 e. The molecule has 4 heteroatoms. The van der Waals surface area contributed by atoms with Crippen molar-refractivity contribution in [1.29, 1.82) is 0 Å². The van der Waals surface area contributed by atoms with Gasteiger partial charge in [-0.3, -0.25) is 4.68 Å². The van der Waals surface area contributed by atoms with Gasteiger partial charge in [0.15, 0.2) is 0 Å². The maximum absolute atomic E-state index is 6.26. The lowest BCUT2D eigenvalue weighted by molar-refractivity contribution is 0.277. The molecule has 19 heavy (non-hydrogen) atoms. The van der Waals surface area contributed by atoms with Gasteiger partial charge in [0.2, 0.25) is 0 Å². The van der Waals surface area contributed by atoms with Gasteiger partial charge in [0.25, 0.3) is 0 Å². The summed E-state index contributed by atoms with van der Waals surface area (Å²) in [5.74, 6) is 0.965. The molecule has 0 aromatic carbocycles. The Morgan fingerprint density at radius 2 is 2.00 bits per heavy atom. The van der Waals surface area contributed by atoms with E-state index >= 15 is 0 Å². The van der Waals surface area contributed by atoms with Crippen molar-refractivity contribution in [2.45, 2.75) is 65.0 Å². The Labute approximate surface area is 121 Å². The molecule has 108 valence electrons. The number of hydrogen-bond donors (Lipinski definition) is 1. The molecule has 0 saturated heterocycles. The van der Waals surface area contributed by atoms with Gasteiger partial charge in [-0.2, -0.15) is 5.10 Å². The van der Waals surface area contributed by atoms with E-state index in [1.54, 1.807) is 4.68 Å². The molecule has 0 amide bonds. The van der Waals surface area contributed by atoms with Gasteiger partial charge >= 0.3 is 0 Å². The first-order valence-electron chi connectivity index (χ1n) is 7.53. The van der Waals surface area contributed by atoms with Crippen LogP contribution in [0, 0.1) is 12.8 Å². The Bertz CT molecular complexity index is 406. The summed E-state index contributed by atoms with van der Waals surface area (Å²) < 4.78 is 1.76. The molecule has 1 aliphatic rings. The molecule has 1 N–H and O–H groups in total. The summed E-state index contributed by atoms with van der Waals surface area (Å²) in [6.07, 6.45) is 8.10. The van der Waals surface area contributed by atoms with Gasteiger partial charge in [0, 0.05) is 25.2 Å². The molecule has 1 aromatic heterocycles. The summed E-state index contributed by atoms with van der Waals surface area (Å²) in [4.78, 5) is 0. The third-order valence-electron chi connectivity index (χ3n) is 4.38. The van der Waals surface area contributed by atoms with Crippen LogP contribution in [-0.4, -0.2) is 15.8 Å². The molecule has 1 heterocycles. The molecule has 0 spiro atoms. The highest BCUT2D eigenvalue weighted by molar-refractivity contribution is 6.30. The van der Waals surface area contributed by atoms with Crippen LogP contribution in [0.4, 0.5) is 0 Å². The molecule has 0 atom stereocenters. The molecule has 3 nitrogen and oxygen atoms in total. The van der Waals surface area contributed by atoms with Crippen molar-refractivity contribution >= 4 is 11.6 Å². The molecule has 0 bridgehead atoms. The highest BCUT2D eigenvalue weighted by Gasteiger charge is 2.21. The van der Waals surface area contributed by atoms with E-state index in [1.807, 2.05) is 14.0 Å². The van der Waals surface area contributed by atoms with Crippen LogP contribution in [0.3, 0.4) is 0 Å². The number of nitrogens with zero attached hydrogens (tertiary/aromatic N) is 2. The zero-order valence-electron chi connectivity index (χ0n) is 12.4. The lowest BCUT2D eigenvalue weighted by Gasteiger charge is -2.29. The monoisotopic (exact) mass is 283 g/mol. The van der Waals surface area contributed by atoms with E-state index in [4.69, 9.17) is 11.6 Å². The van der Waals surface area contributed by atoms with E-state index in [2.05, 4.69) is 17.3 Å². The summed E-state index contributed by atoms with van der Waals surface area (Å²) >= 11 is 6.26. The van der Waals surface area contributed by atoms with Crippen LogP contribution in [0.25, 0.3) is 0 Å². The Kier molecular flexibility index (Phi) is 5.28. The lowest BCUT2D eigenvalue weighted by Crippen LogP contribution is -2.32. The van der Waals surface area contributed by atoms with Crippen LogP contribution in [-0.2, 0) is 13.6 Å². The average molecular weight is 284 g/mol. The van der Waals surface area contributed by atoms with E-state index in [0.29, 0.717) is 6.04 Å². The fraction of sp³-hybridized carbons (Fsp3) is 0.800. The van der Waals surface area contributed by atoms with Crippen molar-refractivity contribution in [3.05, 3.63) is 16.4 Å². The first-order chi connectivity index (χ1) is 9.11. The first-order valence-corrected chi connectivity index (χ1v) is 7.91. The van der Waals surface area contributed by atoms with E-state index in [9.17, 15) is 0 Å². The Morgan fingerprint density at radius 3 is 2.53 bits per heavy atom. The third kappa shape index (κ3) is 3.73. The second-order valence-corrected chi connectivity index (χ2v) is 6.22. The zero-order chi connectivity index (χ0) is 13.8. The van der Waals surface area contributed by atoms with Gasteiger partial charge < -0.3 is 5.32 Å². The highest BCUT2D eigenvalue weighted by atomic mass is 35.5. The molecule has 1 fully saturated rings. The first kappa shape index (κ1) is 14.9. The van der Waals surface area contributed by atoms with Crippen molar-refractivity contribution in [1.82, 2.24) is 15.1 Å². The van der Waals surface area contributed by atoms with Crippen LogP contribution >= 0.6 is 11.6 Å². The normalized spacial score (nSPS) is 23.8. The molecule has 1 saturated carbocycles. The molecule has 0 unspecified atom stereocenters. The summed E-state index contributed by atoms with van der Waals surface area (Å²) in [5.41, 5.74) is 2.19. The van der Waals surface area contributed by atoms with Crippen LogP contribution in [0.1, 0.15) is 56.7 Å². The van der Waals surface area contributed by atoms with Crippen LogP contribution in [0.2, 0.25) is 5.15 Å². The third-order valence-corrected chi connectivity index (χ3v) is 4.85. The Hall–Kier alpha value is -0.540. The fourth-order valence-electron chi connectivity index (χ4n) is 3.18. The van der Waals surface area contributed by atoms with Crippen LogP contribution < -0.4 is 5.32 Å². The molecular formula is C15H26ClN3. The van der Waals surface area contributed by atoms with E-state index in [1.165, 1.54) is 38.5 Å². The summed E-state index contributed by atoms with van der Waals surface area (Å²) in [5, 5.41) is 8.78. The number of hydrogen-bond acceptors (Lipinski definition) is 2. The summed E-state index contributed by atoms with van der Waals surface area (Å²) in [6, 6.07) is 0.656. The Balaban J connectivity index is 1.80. The van der Waals surface area contributed by atoms with Crippen molar-refractivity contribution in [2.75, 3.05) is 0 Å². The lowest BCUT2D eigenvalue weighted by atomic mass is 9.83. The maximum Gasteiger partial charge on any atom is 0.131 e. The van der Waals surface area contributed by atoms with Crippen molar-refractivity contribution in [3.63, 3.8) is 0 Å². The van der Waals surface area contributed by atoms with Crippen molar-refractivity contribution < 1.29 is 0 Å². The van der Waals surface area contributed by atoms with Crippen molar-refractivity contribution in [2.24, 2.45) is 13.0 Å². The molecule has 0 radical (unpaired) electrons. The van der Waals surface area contributed by atoms with Gasteiger partial charge in [0.05, 0.1) is 5.69 Å². The number of rotatable bonds is 5. The number of aryl methyl sites for hydroxylation is 2. The van der Waals surface area contributed by atoms with Gasteiger partial charge in [-0.1, -0.05) is 31.4 Å². The molecule has 1 aliphatic carbocycles. The summed E-state index contributed by atoms with van der Waals surface area (Å²) in [6.45, 7) is 5.17. The predicted molar refractivity (Wildman–Crippen MR) is 80.4 cm³/mol. The molecule has 0 aliphatic heterocycles. The molecular weight excluding hydrogens is 258 g/mol. The van der Waals surface area contributed by atoms with Gasteiger partial charge in [0.1, 0.15) is 5.15 Å². The number of halogens is 1. The largest absolute Gasteiger partial charge is 0.310 e. The Morgan fingerprint density at radius 1 is 1.32 bits per heavy atom. The quantitative estimate of drug-likeness (QED) is 0.890. The summed E-state index contributed by atoms with van der Waals surface area (Å²) in [7, 11) is 1.90. The van der Waals surface area contributed by atoms with Gasteiger partial charge in [-0.25, -0.2) is 0 Å². The minimum atomic E-state index is 0.656. The molecule has 1 aromatic rings. The van der Waals surface area contributed by atoms with E-state index in [-0.39, 0.29) is 0 Å². The van der Waals surface area contributed by atoms with Gasteiger partial charge in [-0.15, -0.1) is 0 Å². The highest BCUT2D eigenvalue weighted by Crippen LogP contribution is 2.28. The second-order valence-electron chi connectivity index (χ2n) is 5.87. The van der Waals surface area contributed by atoms with E-state index < -0.39 is 0 Å². The fourth-order valence-corrected chi connectivity index (χ4v) is 3.43. The number of aromatic nitrogens is 2. The standard InChI is InChI=1S/C15H26ClN3/c1-4-5-12-6-8-13(9-7-12)17-10-14-11(2)18-19(3)15(14)16/h12-13,17H,4-10H2,1-3H3. The maximum atomic E-state index is 6.26. The minimum Gasteiger partial charge on any atom is -0.310 e. The minimum absolute atomic E-state index is 0.656. The van der Waals surface area contributed by atoms with Crippen LogP contribution in [0.5, 0.6) is 0 Å². The zero-order valence-corrected chi connectivity index (χ0v) is 13.1.